The lowest BCUT2D eigenvalue weighted by Gasteiger charge is -2.24. The molecule has 1 atom stereocenters. The standard InChI is InChI=1S/C47H29N3O2/c1-2-13-29(14-3-1)45-48-46(31-23-22-28-12-4-5-15-30(28)26-31)50-47(49-45)37-25-24-35(44-42(37)36-19-9-11-21-41(36)52-44)38-27-39-33-17-8-10-20-40(33)51-43(39)34-18-7-6-16-32(34)38/h1-27,47H,(H,48,49,50). The zero-order valence-electron chi connectivity index (χ0n) is 27.9. The Bertz CT molecular complexity index is 3110. The summed E-state index contributed by atoms with van der Waals surface area (Å²) in [4.78, 5) is 10.4. The Balaban J connectivity index is 1.15. The van der Waals surface area contributed by atoms with Crippen LogP contribution in [0.2, 0.25) is 0 Å². The molecule has 0 spiro atoms. The third-order valence-electron chi connectivity index (χ3n) is 10.3. The number of hydrogen-bond donors (Lipinski definition) is 1. The lowest BCUT2D eigenvalue weighted by atomic mass is 9.92. The van der Waals surface area contributed by atoms with Crippen molar-refractivity contribution < 1.29 is 8.83 Å². The molecule has 11 rings (SSSR count). The van der Waals surface area contributed by atoms with Gasteiger partial charge in [0.15, 0.2) is 5.84 Å². The highest BCUT2D eigenvalue weighted by atomic mass is 16.3. The van der Waals surface area contributed by atoms with Gasteiger partial charge in [-0.05, 0) is 46.0 Å². The van der Waals surface area contributed by atoms with E-state index in [9.17, 15) is 0 Å². The first-order chi connectivity index (χ1) is 25.8. The van der Waals surface area contributed by atoms with Gasteiger partial charge in [-0.15, -0.1) is 0 Å². The second-order valence-corrected chi connectivity index (χ2v) is 13.3. The van der Waals surface area contributed by atoms with Gasteiger partial charge < -0.3 is 14.2 Å². The topological polar surface area (TPSA) is 63.0 Å². The van der Waals surface area contributed by atoms with E-state index in [-0.39, 0.29) is 0 Å². The average Bonchev–Trinajstić information content (AvgIpc) is 3.80. The SMILES string of the molecule is c1ccc(C2=NC(c3ccc(-c4cc5c6ccccc6oc5c5ccccc45)c4oc5ccccc5c34)NC(c3ccc4ccccc4c3)=N2)cc1. The van der Waals surface area contributed by atoms with Gasteiger partial charge in [0.05, 0.1) is 0 Å². The fraction of sp³-hybridized carbons (Fsp3) is 0.0213. The Morgan fingerprint density at radius 2 is 1.13 bits per heavy atom. The molecule has 3 heterocycles. The van der Waals surface area contributed by atoms with Gasteiger partial charge in [-0.2, -0.15) is 0 Å². The molecule has 244 valence electrons. The van der Waals surface area contributed by atoms with Gasteiger partial charge in [0.25, 0.3) is 0 Å². The number of nitrogens with one attached hydrogen (secondary N) is 1. The minimum Gasteiger partial charge on any atom is -0.455 e. The second kappa shape index (κ2) is 11.3. The van der Waals surface area contributed by atoms with Gasteiger partial charge in [-0.3, -0.25) is 0 Å². The van der Waals surface area contributed by atoms with E-state index in [0.29, 0.717) is 5.84 Å². The molecular formula is C47H29N3O2. The number of rotatable bonds is 4. The monoisotopic (exact) mass is 667 g/mol. The molecule has 2 aromatic heterocycles. The summed E-state index contributed by atoms with van der Waals surface area (Å²) in [7, 11) is 0. The largest absolute Gasteiger partial charge is 0.455 e. The van der Waals surface area contributed by atoms with Crippen LogP contribution < -0.4 is 5.32 Å². The van der Waals surface area contributed by atoms with E-state index in [1.165, 1.54) is 5.39 Å². The first-order valence-corrected chi connectivity index (χ1v) is 17.5. The number of amidine groups is 2. The molecule has 1 aliphatic rings. The van der Waals surface area contributed by atoms with Crippen LogP contribution in [-0.2, 0) is 0 Å². The maximum atomic E-state index is 6.84. The van der Waals surface area contributed by atoms with Crippen LogP contribution in [0.5, 0.6) is 0 Å². The van der Waals surface area contributed by atoms with Crippen LogP contribution in [0.15, 0.2) is 183 Å². The third-order valence-corrected chi connectivity index (χ3v) is 10.3. The Labute approximate surface area is 298 Å². The molecule has 0 saturated carbocycles. The summed E-state index contributed by atoms with van der Waals surface area (Å²) in [6.07, 6.45) is -0.427. The van der Waals surface area contributed by atoms with Crippen LogP contribution in [0.25, 0.3) is 76.5 Å². The van der Waals surface area contributed by atoms with E-state index in [1.807, 2.05) is 42.5 Å². The van der Waals surface area contributed by atoms with Crippen molar-refractivity contribution in [3.63, 3.8) is 0 Å². The number of hydrogen-bond acceptors (Lipinski definition) is 5. The summed E-state index contributed by atoms with van der Waals surface area (Å²) in [6, 6.07) is 56.8. The molecule has 0 saturated heterocycles. The van der Waals surface area contributed by atoms with Gasteiger partial charge >= 0.3 is 0 Å². The van der Waals surface area contributed by atoms with Crippen molar-refractivity contribution in [1.29, 1.82) is 0 Å². The molecular weight excluding hydrogens is 639 g/mol. The van der Waals surface area contributed by atoms with Crippen molar-refractivity contribution >= 4 is 77.1 Å². The molecule has 1 aliphatic heterocycles. The number of benzene rings is 8. The zero-order valence-corrected chi connectivity index (χ0v) is 27.9. The Hall–Kier alpha value is -6.98. The second-order valence-electron chi connectivity index (χ2n) is 13.3. The zero-order chi connectivity index (χ0) is 34.2. The smallest absolute Gasteiger partial charge is 0.159 e. The molecule has 5 heteroatoms. The summed E-state index contributed by atoms with van der Waals surface area (Å²) in [5, 5.41) is 12.5. The van der Waals surface area contributed by atoms with Crippen molar-refractivity contribution in [3.8, 4) is 11.1 Å². The molecule has 1 unspecified atom stereocenters. The molecule has 8 aromatic carbocycles. The van der Waals surface area contributed by atoms with Crippen LogP contribution >= 0.6 is 0 Å². The highest BCUT2D eigenvalue weighted by molar-refractivity contribution is 6.22. The predicted octanol–water partition coefficient (Wildman–Crippen LogP) is 12.0. The minimum atomic E-state index is -0.427. The maximum Gasteiger partial charge on any atom is 0.159 e. The van der Waals surface area contributed by atoms with Crippen molar-refractivity contribution in [2.24, 2.45) is 9.98 Å². The van der Waals surface area contributed by atoms with E-state index < -0.39 is 6.17 Å². The summed E-state index contributed by atoms with van der Waals surface area (Å²) >= 11 is 0. The fourth-order valence-electron chi connectivity index (χ4n) is 7.87. The van der Waals surface area contributed by atoms with Crippen LogP contribution in [0.3, 0.4) is 0 Å². The van der Waals surface area contributed by atoms with Crippen LogP contribution in [0.1, 0.15) is 22.9 Å². The van der Waals surface area contributed by atoms with Gasteiger partial charge in [0.1, 0.15) is 34.3 Å². The number of aliphatic imine (C=N–C) groups is 2. The van der Waals surface area contributed by atoms with Gasteiger partial charge in [-0.1, -0.05) is 140 Å². The van der Waals surface area contributed by atoms with Crippen molar-refractivity contribution in [2.75, 3.05) is 0 Å². The Kier molecular flexibility index (Phi) is 6.25. The van der Waals surface area contributed by atoms with E-state index in [4.69, 9.17) is 18.8 Å². The average molecular weight is 668 g/mol. The molecule has 0 bridgehead atoms. The molecule has 0 aliphatic carbocycles. The third kappa shape index (κ3) is 4.42. The van der Waals surface area contributed by atoms with E-state index in [1.54, 1.807) is 0 Å². The number of nitrogens with zero attached hydrogens (tertiary/aromatic N) is 2. The summed E-state index contributed by atoms with van der Waals surface area (Å²) in [6.45, 7) is 0. The molecule has 5 nitrogen and oxygen atoms in total. The molecule has 10 aromatic rings. The normalized spacial score (nSPS) is 14.7. The molecule has 0 fully saturated rings. The fourth-order valence-corrected chi connectivity index (χ4v) is 7.87. The maximum absolute atomic E-state index is 6.84. The van der Waals surface area contributed by atoms with Crippen molar-refractivity contribution in [3.05, 3.63) is 180 Å². The summed E-state index contributed by atoms with van der Waals surface area (Å²) < 4.78 is 13.3. The lowest BCUT2D eigenvalue weighted by Crippen LogP contribution is -2.33. The molecule has 0 amide bonds. The quantitative estimate of drug-likeness (QED) is 0.203. The number of furan rings is 2. The minimum absolute atomic E-state index is 0.427. The number of fused-ring (bicyclic) bond motifs is 9. The first-order valence-electron chi connectivity index (χ1n) is 17.5. The molecule has 0 radical (unpaired) electrons. The highest BCUT2D eigenvalue weighted by Crippen LogP contribution is 2.45. The lowest BCUT2D eigenvalue weighted by molar-refractivity contribution is 0.663. The van der Waals surface area contributed by atoms with E-state index in [2.05, 4.69) is 127 Å². The summed E-state index contributed by atoms with van der Waals surface area (Å²) in [5.41, 5.74) is 8.52. The summed E-state index contributed by atoms with van der Waals surface area (Å²) in [5.74, 6) is 1.46. The van der Waals surface area contributed by atoms with E-state index >= 15 is 0 Å². The predicted molar refractivity (Wildman–Crippen MR) is 213 cm³/mol. The van der Waals surface area contributed by atoms with Crippen molar-refractivity contribution in [2.45, 2.75) is 6.17 Å². The van der Waals surface area contributed by atoms with Crippen LogP contribution in [0, 0.1) is 0 Å². The Morgan fingerprint density at radius 1 is 0.462 bits per heavy atom. The van der Waals surface area contributed by atoms with Crippen LogP contribution in [0.4, 0.5) is 0 Å². The first kappa shape index (κ1) is 28.8. The highest BCUT2D eigenvalue weighted by Gasteiger charge is 2.27. The van der Waals surface area contributed by atoms with Gasteiger partial charge in [0, 0.05) is 49.2 Å². The Morgan fingerprint density at radius 3 is 1.98 bits per heavy atom. The van der Waals surface area contributed by atoms with Crippen LogP contribution in [-0.4, -0.2) is 11.7 Å². The van der Waals surface area contributed by atoms with E-state index in [0.717, 1.165) is 93.7 Å². The molecule has 1 N–H and O–H groups in total. The van der Waals surface area contributed by atoms with Gasteiger partial charge in [-0.25, -0.2) is 9.98 Å². The molecule has 52 heavy (non-hydrogen) atoms. The van der Waals surface area contributed by atoms with Crippen molar-refractivity contribution in [1.82, 2.24) is 5.32 Å². The number of para-hydroxylation sites is 2. The van der Waals surface area contributed by atoms with Gasteiger partial charge in [0.2, 0.25) is 0 Å².